The van der Waals surface area contributed by atoms with Crippen LogP contribution >= 0.6 is 0 Å². The number of aromatic nitrogens is 4. The molecule has 172 valence electrons. The summed E-state index contributed by atoms with van der Waals surface area (Å²) >= 11 is 0. The number of halogens is 3. The molecule has 2 atom stereocenters. The Balaban J connectivity index is 1.88. The third-order valence-corrected chi connectivity index (χ3v) is 5.68. The van der Waals surface area contributed by atoms with Gasteiger partial charge in [0.05, 0.1) is 5.52 Å². The van der Waals surface area contributed by atoms with Crippen molar-refractivity contribution in [1.29, 1.82) is 0 Å². The zero-order valence-corrected chi connectivity index (χ0v) is 17.6. The number of amides is 1. The van der Waals surface area contributed by atoms with Crippen molar-refractivity contribution >= 4 is 22.6 Å². The molecule has 1 amide bonds. The lowest BCUT2D eigenvalue weighted by Crippen LogP contribution is -2.53. The van der Waals surface area contributed by atoms with Crippen molar-refractivity contribution in [2.75, 3.05) is 6.54 Å². The van der Waals surface area contributed by atoms with E-state index in [0.717, 1.165) is 16.6 Å². The van der Waals surface area contributed by atoms with Crippen molar-refractivity contribution in [3.8, 4) is 5.75 Å². The Kier molecular flexibility index (Phi) is 5.25. The molecular weight excluding hydrogens is 431 g/mol. The number of aromatic amines is 1. The number of carbonyl (C=O) groups is 1. The van der Waals surface area contributed by atoms with Gasteiger partial charge in [-0.3, -0.25) is 0 Å². The van der Waals surface area contributed by atoms with Crippen molar-refractivity contribution in [2.24, 2.45) is 5.41 Å². The van der Waals surface area contributed by atoms with Crippen molar-refractivity contribution in [3.63, 3.8) is 0 Å². The highest BCUT2D eigenvalue weighted by Crippen LogP contribution is 2.41. The molecule has 0 bridgehead atoms. The fourth-order valence-electron chi connectivity index (χ4n) is 4.55. The van der Waals surface area contributed by atoms with Gasteiger partial charge in [0.25, 0.3) is 0 Å². The first-order valence-corrected chi connectivity index (χ1v) is 10.0. The monoisotopic (exact) mass is 453 g/mol. The van der Waals surface area contributed by atoms with E-state index in [0.29, 0.717) is 19.4 Å². The number of hydrogen-bond acceptors (Lipinski definition) is 5. The first-order chi connectivity index (χ1) is 15.0. The number of H-pyrrole nitrogens is 1. The van der Waals surface area contributed by atoms with Gasteiger partial charge in [-0.15, -0.1) is 5.10 Å². The second-order valence-electron chi connectivity index (χ2n) is 8.88. The van der Waals surface area contributed by atoms with Gasteiger partial charge >= 0.3 is 18.4 Å². The van der Waals surface area contributed by atoms with E-state index in [2.05, 4.69) is 19.8 Å². The molecule has 1 saturated heterocycles. The minimum atomic E-state index is -3.23. The van der Waals surface area contributed by atoms with Gasteiger partial charge in [-0.05, 0) is 24.3 Å². The maximum absolute atomic E-state index is 14.3. The third kappa shape index (κ3) is 3.73. The lowest BCUT2D eigenvalue weighted by molar-refractivity contribution is -0.0520. The lowest BCUT2D eigenvalue weighted by Gasteiger charge is -2.45. The number of piperidine rings is 1. The Hall–Kier alpha value is -3.31. The van der Waals surface area contributed by atoms with Gasteiger partial charge in [-0.25, -0.2) is 19.0 Å². The molecule has 1 aliphatic rings. The van der Waals surface area contributed by atoms with Crippen molar-refractivity contribution < 1.29 is 27.8 Å². The number of ether oxygens (including phenoxy) is 1. The fourth-order valence-corrected chi connectivity index (χ4v) is 4.55. The molecule has 0 spiro atoms. The quantitative estimate of drug-likeness (QED) is 0.627. The lowest BCUT2D eigenvalue weighted by atomic mass is 9.74. The number of benzene rings is 1. The summed E-state index contributed by atoms with van der Waals surface area (Å²) in [6.07, 6.45) is 0.161. The third-order valence-electron chi connectivity index (χ3n) is 5.68. The van der Waals surface area contributed by atoms with Gasteiger partial charge < -0.3 is 19.7 Å². The molecule has 0 saturated carbocycles. The van der Waals surface area contributed by atoms with Crippen molar-refractivity contribution in [2.45, 2.75) is 52.2 Å². The number of carboxylic acid groups (broad SMARTS) is 1. The zero-order chi connectivity index (χ0) is 23.4. The van der Waals surface area contributed by atoms with E-state index in [1.54, 1.807) is 0 Å². The molecule has 2 aromatic heterocycles. The van der Waals surface area contributed by atoms with Crippen LogP contribution in [0.1, 0.15) is 45.4 Å². The number of alkyl halides is 2. The summed E-state index contributed by atoms with van der Waals surface area (Å²) in [6.45, 7) is 2.91. The average Bonchev–Trinajstić information content (AvgIpc) is 3.14. The molecular formula is C20H22F3N5O4. The van der Waals surface area contributed by atoms with Gasteiger partial charge in [0, 0.05) is 30.0 Å². The number of nitrogens with one attached hydrogen (secondary N) is 1. The predicted molar refractivity (Wildman–Crippen MR) is 108 cm³/mol. The standard InChI is InChI=1S/C20H22F3N5O4/c1-20(2,3)14-9(5-4-6-27(14)19(30)31)15-25-16-10-7-11(21)13(32-17(22)23)8-12(10)24-18(29)28(16)26-15/h7-9,14,17H,4-6H2,1-3H3,(H,24,29)(H,30,31). The van der Waals surface area contributed by atoms with Crippen LogP contribution in [0.3, 0.4) is 0 Å². The number of rotatable bonds is 3. The molecule has 12 heteroatoms. The molecule has 4 rings (SSSR count). The molecule has 1 aromatic carbocycles. The average molecular weight is 453 g/mol. The van der Waals surface area contributed by atoms with Gasteiger partial charge in [-0.2, -0.15) is 13.3 Å². The minimum Gasteiger partial charge on any atom is -0.465 e. The number of likely N-dealkylation sites (tertiary alicyclic amines) is 1. The van der Waals surface area contributed by atoms with E-state index in [4.69, 9.17) is 0 Å². The van der Waals surface area contributed by atoms with Crippen LogP contribution in [0.4, 0.5) is 18.0 Å². The molecule has 32 heavy (non-hydrogen) atoms. The summed E-state index contributed by atoms with van der Waals surface area (Å²) in [6, 6.07) is 1.47. The van der Waals surface area contributed by atoms with Gasteiger partial charge in [0.1, 0.15) is 0 Å². The Morgan fingerprint density at radius 1 is 1.34 bits per heavy atom. The molecule has 1 fully saturated rings. The summed E-state index contributed by atoms with van der Waals surface area (Å²) in [5, 5.41) is 14.2. The molecule has 1 aliphatic heterocycles. The van der Waals surface area contributed by atoms with E-state index < -0.39 is 41.4 Å². The number of nitrogens with zero attached hydrogens (tertiary/aromatic N) is 4. The highest BCUT2D eigenvalue weighted by molar-refractivity contribution is 5.91. The van der Waals surface area contributed by atoms with E-state index >= 15 is 0 Å². The highest BCUT2D eigenvalue weighted by atomic mass is 19.3. The van der Waals surface area contributed by atoms with Crippen LogP contribution in [0.2, 0.25) is 0 Å². The molecule has 2 unspecified atom stereocenters. The Labute approximate surface area is 179 Å². The summed E-state index contributed by atoms with van der Waals surface area (Å²) in [5.74, 6) is -1.87. The molecule has 0 radical (unpaired) electrons. The van der Waals surface area contributed by atoms with Crippen LogP contribution in [0.15, 0.2) is 16.9 Å². The van der Waals surface area contributed by atoms with E-state index in [1.807, 2.05) is 20.8 Å². The van der Waals surface area contributed by atoms with E-state index in [9.17, 15) is 27.9 Å². The Morgan fingerprint density at radius 3 is 2.69 bits per heavy atom. The Bertz CT molecular complexity index is 1250. The minimum absolute atomic E-state index is 0.0429. The summed E-state index contributed by atoms with van der Waals surface area (Å²) in [7, 11) is 0. The normalized spacial score (nSPS) is 19.8. The summed E-state index contributed by atoms with van der Waals surface area (Å²) in [4.78, 5) is 32.7. The SMILES string of the molecule is CC(C)(C)C1C(c2nc3c4cc(F)c(OC(F)F)cc4[nH]c(=O)n3n2)CCCN1C(=O)O. The van der Waals surface area contributed by atoms with Crippen LogP contribution < -0.4 is 10.4 Å². The van der Waals surface area contributed by atoms with E-state index in [1.165, 1.54) is 4.90 Å². The first kappa shape index (κ1) is 21.9. The topological polar surface area (TPSA) is 113 Å². The van der Waals surface area contributed by atoms with Crippen molar-refractivity contribution in [1.82, 2.24) is 24.5 Å². The van der Waals surface area contributed by atoms with Gasteiger partial charge in [-0.1, -0.05) is 20.8 Å². The molecule has 0 aliphatic carbocycles. The maximum Gasteiger partial charge on any atom is 0.407 e. The van der Waals surface area contributed by atoms with Crippen LogP contribution in [0, 0.1) is 11.2 Å². The van der Waals surface area contributed by atoms with Crippen molar-refractivity contribution in [3.05, 3.63) is 34.3 Å². The highest BCUT2D eigenvalue weighted by Gasteiger charge is 2.44. The van der Waals surface area contributed by atoms with E-state index in [-0.39, 0.29) is 28.3 Å². The molecule has 2 N–H and O–H groups in total. The second-order valence-corrected chi connectivity index (χ2v) is 8.88. The summed E-state index contributed by atoms with van der Waals surface area (Å²) in [5.41, 5.74) is -1.04. The first-order valence-electron chi connectivity index (χ1n) is 10.0. The molecule has 3 heterocycles. The predicted octanol–water partition coefficient (Wildman–Crippen LogP) is 3.58. The van der Waals surface area contributed by atoms with Gasteiger partial charge in [0.15, 0.2) is 23.0 Å². The largest absolute Gasteiger partial charge is 0.465 e. The van der Waals surface area contributed by atoms with Crippen LogP contribution in [-0.4, -0.2) is 54.9 Å². The summed E-state index contributed by atoms with van der Waals surface area (Å²) < 4.78 is 44.5. The smallest absolute Gasteiger partial charge is 0.407 e. The number of fused-ring (bicyclic) bond motifs is 3. The fraction of sp³-hybridized carbons (Fsp3) is 0.500. The van der Waals surface area contributed by atoms with Crippen LogP contribution in [0.25, 0.3) is 16.6 Å². The maximum atomic E-state index is 14.3. The number of hydrogen-bond donors (Lipinski definition) is 2. The van der Waals surface area contributed by atoms with Crippen LogP contribution in [0.5, 0.6) is 5.75 Å². The zero-order valence-electron chi connectivity index (χ0n) is 17.6. The second kappa shape index (κ2) is 7.68. The molecule has 3 aromatic rings. The Morgan fingerprint density at radius 2 is 2.06 bits per heavy atom. The van der Waals surface area contributed by atoms with Gasteiger partial charge in [0.2, 0.25) is 0 Å². The van der Waals surface area contributed by atoms with Crippen LogP contribution in [-0.2, 0) is 0 Å². The molecule has 9 nitrogen and oxygen atoms in total.